The van der Waals surface area contributed by atoms with E-state index in [4.69, 9.17) is 4.74 Å². The maximum atomic E-state index is 13.1. The molecule has 1 unspecified atom stereocenters. The highest BCUT2D eigenvalue weighted by Crippen LogP contribution is 2.75. The zero-order valence-electron chi connectivity index (χ0n) is 35.5. The van der Waals surface area contributed by atoms with Gasteiger partial charge in [0.05, 0.1) is 5.41 Å². The van der Waals surface area contributed by atoms with Crippen LogP contribution >= 0.6 is 0 Å². The number of carbonyl (C=O) groups excluding carboxylic acids is 1. The van der Waals surface area contributed by atoms with Crippen LogP contribution in [-0.4, -0.2) is 23.1 Å². The third-order valence-corrected chi connectivity index (χ3v) is 16.7. The smallest absolute Gasteiger partial charge is 0.331 e. The normalized spacial score (nSPS) is 39.1. The molecule has 5 aliphatic rings. The van der Waals surface area contributed by atoms with Crippen LogP contribution in [0.3, 0.4) is 0 Å². The first-order valence-corrected chi connectivity index (χ1v) is 22.2. The monoisotopic (exact) mass is 741 g/mol. The topological polar surface area (TPSA) is 63.6 Å². The Kier molecular flexibility index (Phi) is 13.9. The lowest BCUT2D eigenvalue weighted by Gasteiger charge is -2.71. The van der Waals surface area contributed by atoms with Crippen molar-refractivity contribution in [3.63, 3.8) is 0 Å². The summed E-state index contributed by atoms with van der Waals surface area (Å²) in [6.45, 7) is 19.3. The highest BCUT2D eigenvalue weighted by atomic mass is 16.5. The first-order valence-electron chi connectivity index (χ1n) is 22.2. The lowest BCUT2D eigenvalue weighted by Crippen LogP contribution is -2.65. The summed E-state index contributed by atoms with van der Waals surface area (Å²) in [6, 6.07) is 0. The van der Waals surface area contributed by atoms with E-state index in [-0.39, 0.29) is 39.7 Å². The second kappa shape index (κ2) is 17.7. The van der Waals surface area contributed by atoms with Gasteiger partial charge in [-0.15, -0.1) is 0 Å². The van der Waals surface area contributed by atoms with Gasteiger partial charge >= 0.3 is 11.9 Å². The summed E-state index contributed by atoms with van der Waals surface area (Å²) in [5, 5.41) is 10.7. The van der Waals surface area contributed by atoms with Crippen molar-refractivity contribution < 1.29 is 19.4 Å². The lowest BCUT2D eigenvalue weighted by molar-refractivity contribution is -0.213. The van der Waals surface area contributed by atoms with E-state index in [9.17, 15) is 14.7 Å². The van der Waals surface area contributed by atoms with Crippen LogP contribution in [0.15, 0.2) is 72.4 Å². The molecule has 4 nitrogen and oxygen atoms in total. The number of unbranched alkanes of at least 4 members (excludes halogenated alkanes) is 7. The Morgan fingerprint density at radius 1 is 0.759 bits per heavy atom. The van der Waals surface area contributed by atoms with Gasteiger partial charge < -0.3 is 9.84 Å². The SMILES string of the molecule is CCCCCCCCC/C=C/C=C/C=C/C=C/C=C/C(=O)O[C@H]1CC[C@]2(C)[C@H]3CC=C4C5[C@@H](C)[C@H](C)CC[C@]5(C(=O)O)CC[C@@]4(C)[C@]3(C)CC[C@H]2C1(C)C. The van der Waals surface area contributed by atoms with Crippen molar-refractivity contribution in [2.24, 2.45) is 56.7 Å². The van der Waals surface area contributed by atoms with E-state index in [1.807, 2.05) is 30.4 Å². The highest BCUT2D eigenvalue weighted by Gasteiger charge is 2.69. The summed E-state index contributed by atoms with van der Waals surface area (Å²) < 4.78 is 6.25. The molecule has 300 valence electrons. The molecule has 0 bridgehead atoms. The Morgan fingerprint density at radius 3 is 2.09 bits per heavy atom. The molecule has 0 saturated heterocycles. The van der Waals surface area contributed by atoms with Crippen LogP contribution in [0.1, 0.15) is 165 Å². The molecule has 4 heteroatoms. The predicted octanol–water partition coefficient (Wildman–Crippen LogP) is 13.6. The van der Waals surface area contributed by atoms with E-state index in [2.05, 4.69) is 79.7 Å². The summed E-state index contributed by atoms with van der Waals surface area (Å²) in [6.07, 6.45) is 41.6. The van der Waals surface area contributed by atoms with Crippen LogP contribution in [-0.2, 0) is 14.3 Å². The number of carboxylic acid groups (broad SMARTS) is 1. The van der Waals surface area contributed by atoms with Crippen molar-refractivity contribution in [3.8, 4) is 0 Å². The molecule has 0 amide bonds. The molecule has 0 aromatic carbocycles. The van der Waals surface area contributed by atoms with E-state index >= 15 is 0 Å². The minimum Gasteiger partial charge on any atom is -0.481 e. The van der Waals surface area contributed by atoms with Gasteiger partial charge in [-0.3, -0.25) is 4.79 Å². The highest BCUT2D eigenvalue weighted by molar-refractivity contribution is 5.82. The molecular weight excluding hydrogens is 665 g/mol. The molecule has 54 heavy (non-hydrogen) atoms. The number of esters is 1. The van der Waals surface area contributed by atoms with E-state index in [1.165, 1.54) is 50.5 Å². The number of ether oxygens (including phenoxy) is 1. The molecule has 10 atom stereocenters. The predicted molar refractivity (Wildman–Crippen MR) is 225 cm³/mol. The number of carboxylic acids is 1. The van der Waals surface area contributed by atoms with Crippen LogP contribution in [0, 0.1) is 56.7 Å². The first kappa shape index (κ1) is 42.5. The van der Waals surface area contributed by atoms with Crippen LogP contribution in [0.2, 0.25) is 0 Å². The quantitative estimate of drug-likeness (QED) is 0.0597. The number of allylic oxidation sites excluding steroid dienone is 11. The Hall–Kier alpha value is -2.62. The average Bonchev–Trinajstić information content (AvgIpc) is 3.12. The third kappa shape index (κ3) is 8.11. The van der Waals surface area contributed by atoms with Gasteiger partial charge in [0.1, 0.15) is 6.10 Å². The fraction of sp³-hybridized carbons (Fsp3) is 0.720. The third-order valence-electron chi connectivity index (χ3n) is 16.7. The number of hydrogen-bond donors (Lipinski definition) is 1. The molecule has 0 aliphatic heterocycles. The van der Waals surface area contributed by atoms with Crippen molar-refractivity contribution in [2.45, 2.75) is 171 Å². The summed E-state index contributed by atoms with van der Waals surface area (Å²) in [5.74, 6) is 1.25. The zero-order valence-corrected chi connectivity index (χ0v) is 35.5. The molecular formula is C50H76O4. The fourth-order valence-corrected chi connectivity index (χ4v) is 13.1. The van der Waals surface area contributed by atoms with Crippen molar-refractivity contribution >= 4 is 11.9 Å². The lowest BCUT2D eigenvalue weighted by atomic mass is 9.33. The second-order valence-corrected chi connectivity index (χ2v) is 19.7. The summed E-state index contributed by atoms with van der Waals surface area (Å²) >= 11 is 0. The van der Waals surface area contributed by atoms with E-state index in [0.717, 1.165) is 64.2 Å². The van der Waals surface area contributed by atoms with Gasteiger partial charge in [-0.2, -0.15) is 0 Å². The van der Waals surface area contributed by atoms with Gasteiger partial charge in [-0.05, 0) is 116 Å². The molecule has 0 radical (unpaired) electrons. The summed E-state index contributed by atoms with van der Waals surface area (Å²) in [4.78, 5) is 26.1. The molecule has 0 heterocycles. The fourth-order valence-electron chi connectivity index (χ4n) is 13.1. The maximum absolute atomic E-state index is 13.1. The molecule has 0 aromatic rings. The summed E-state index contributed by atoms with van der Waals surface area (Å²) in [7, 11) is 0. The Balaban J connectivity index is 1.16. The zero-order chi connectivity index (χ0) is 39.2. The van der Waals surface area contributed by atoms with Crippen molar-refractivity contribution in [1.82, 2.24) is 0 Å². The molecule has 0 aromatic heterocycles. The largest absolute Gasteiger partial charge is 0.481 e. The van der Waals surface area contributed by atoms with Crippen LogP contribution in [0.5, 0.6) is 0 Å². The van der Waals surface area contributed by atoms with Crippen molar-refractivity contribution in [2.75, 3.05) is 0 Å². The van der Waals surface area contributed by atoms with Crippen LogP contribution in [0.25, 0.3) is 0 Å². The molecule has 5 aliphatic carbocycles. The number of rotatable bonds is 15. The Labute approximate surface area is 330 Å². The molecule has 0 spiro atoms. The molecule has 5 rings (SSSR count). The van der Waals surface area contributed by atoms with E-state index in [1.54, 1.807) is 12.2 Å². The molecule has 4 saturated carbocycles. The number of fused-ring (bicyclic) bond motifs is 7. The Bertz CT molecular complexity index is 1490. The summed E-state index contributed by atoms with van der Waals surface area (Å²) in [5.41, 5.74) is 1.03. The second-order valence-electron chi connectivity index (χ2n) is 19.7. The van der Waals surface area contributed by atoms with Crippen molar-refractivity contribution in [1.29, 1.82) is 0 Å². The number of hydrogen-bond acceptors (Lipinski definition) is 3. The van der Waals surface area contributed by atoms with Crippen molar-refractivity contribution in [3.05, 3.63) is 72.4 Å². The van der Waals surface area contributed by atoms with Gasteiger partial charge in [0, 0.05) is 11.5 Å². The maximum Gasteiger partial charge on any atom is 0.331 e. The van der Waals surface area contributed by atoms with Gasteiger partial charge in [0.25, 0.3) is 0 Å². The van der Waals surface area contributed by atoms with Gasteiger partial charge in [-0.1, -0.05) is 160 Å². The number of aliphatic carboxylic acids is 1. The first-order chi connectivity index (χ1) is 25.7. The van der Waals surface area contributed by atoms with Gasteiger partial charge in [0.2, 0.25) is 0 Å². The van der Waals surface area contributed by atoms with E-state index < -0.39 is 11.4 Å². The minimum absolute atomic E-state index is 0.0137. The minimum atomic E-state index is -0.604. The standard InChI is InChI=1S/C50H76O4/c1-9-10-11-12-13-14-15-16-17-18-19-20-21-22-23-24-25-26-43(51)54-42-31-32-47(6)40(46(42,4)5)30-33-49(8)41(47)28-27-39-44-38(3)37(2)29-34-50(44,45(52)53)36-35-48(39,49)7/h17-27,37-38,40-42,44H,9-16,28-36H2,1-8H3,(H,52,53)/b18-17+,20-19+,22-21+,24-23+,26-25+/t37-,38+,40+,41-,42+,44?,47+,48-,49-,50+/m1/s1. The van der Waals surface area contributed by atoms with Crippen LogP contribution < -0.4 is 0 Å². The number of carbonyl (C=O) groups is 2. The molecule has 4 fully saturated rings. The average molecular weight is 741 g/mol. The van der Waals surface area contributed by atoms with Crippen LogP contribution in [0.4, 0.5) is 0 Å². The van der Waals surface area contributed by atoms with E-state index in [0.29, 0.717) is 23.7 Å². The molecule has 1 N–H and O–H groups in total. The van der Waals surface area contributed by atoms with Gasteiger partial charge in [-0.25, -0.2) is 4.79 Å². The van der Waals surface area contributed by atoms with Gasteiger partial charge in [0.15, 0.2) is 0 Å². The Morgan fingerprint density at radius 2 is 1.41 bits per heavy atom.